The molecule has 0 radical (unpaired) electrons. The highest BCUT2D eigenvalue weighted by molar-refractivity contribution is 8.00. The molecule has 0 unspecified atom stereocenters. The predicted molar refractivity (Wildman–Crippen MR) is 77.5 cm³/mol. The summed E-state index contributed by atoms with van der Waals surface area (Å²) in [6.45, 7) is 2.16. The van der Waals surface area contributed by atoms with Gasteiger partial charge in [0.1, 0.15) is 0 Å². The zero-order chi connectivity index (χ0) is 12.0. The molecule has 0 spiro atoms. The van der Waals surface area contributed by atoms with Crippen molar-refractivity contribution in [2.45, 2.75) is 43.4 Å². The topological polar surface area (TPSA) is 12.0 Å². The lowest BCUT2D eigenvalue weighted by molar-refractivity contribution is 0.379. The molecule has 17 heavy (non-hydrogen) atoms. The summed E-state index contributed by atoms with van der Waals surface area (Å²) < 4.78 is 0.507. The molecular formula is C15H23NS. The molecule has 2 heteroatoms. The third-order valence-electron chi connectivity index (χ3n) is 3.82. The molecule has 1 saturated carbocycles. The first-order chi connectivity index (χ1) is 8.35. The maximum Gasteiger partial charge on any atom is 0.0281 e. The zero-order valence-electron chi connectivity index (χ0n) is 10.7. The van der Waals surface area contributed by atoms with Crippen molar-refractivity contribution in [3.8, 4) is 0 Å². The molecule has 0 atom stereocenters. The van der Waals surface area contributed by atoms with E-state index in [0.717, 1.165) is 13.1 Å². The fourth-order valence-electron chi connectivity index (χ4n) is 2.68. The third kappa shape index (κ3) is 3.75. The summed E-state index contributed by atoms with van der Waals surface area (Å²) >= 11 is 2.07. The first kappa shape index (κ1) is 13.0. The van der Waals surface area contributed by atoms with E-state index in [9.17, 15) is 0 Å². The van der Waals surface area contributed by atoms with Crippen LogP contribution in [0.15, 0.2) is 30.3 Å². The van der Waals surface area contributed by atoms with Crippen LogP contribution in [0.3, 0.4) is 0 Å². The van der Waals surface area contributed by atoms with E-state index < -0.39 is 0 Å². The fraction of sp³-hybridized carbons (Fsp3) is 0.600. The van der Waals surface area contributed by atoms with Crippen molar-refractivity contribution in [3.05, 3.63) is 35.9 Å². The Bertz CT molecular complexity index is 317. The summed E-state index contributed by atoms with van der Waals surface area (Å²) in [5.41, 5.74) is 1.39. The Morgan fingerprint density at radius 1 is 1.12 bits per heavy atom. The van der Waals surface area contributed by atoms with Crippen molar-refractivity contribution < 1.29 is 0 Å². The van der Waals surface area contributed by atoms with Gasteiger partial charge in [0.05, 0.1) is 0 Å². The molecule has 0 heterocycles. The summed E-state index contributed by atoms with van der Waals surface area (Å²) in [4.78, 5) is 0. The van der Waals surface area contributed by atoms with Gasteiger partial charge in [-0.1, -0.05) is 49.6 Å². The van der Waals surface area contributed by atoms with Gasteiger partial charge in [0.2, 0.25) is 0 Å². The maximum absolute atomic E-state index is 3.64. The summed E-state index contributed by atoms with van der Waals surface area (Å²) in [5.74, 6) is 0. The van der Waals surface area contributed by atoms with Gasteiger partial charge in [0.25, 0.3) is 0 Å². The van der Waals surface area contributed by atoms with Gasteiger partial charge in [0, 0.05) is 17.8 Å². The molecular weight excluding hydrogens is 226 g/mol. The van der Waals surface area contributed by atoms with Crippen LogP contribution in [-0.4, -0.2) is 17.5 Å². The minimum atomic E-state index is 0.507. The van der Waals surface area contributed by atoms with E-state index in [2.05, 4.69) is 53.7 Å². The molecule has 0 saturated heterocycles. The summed E-state index contributed by atoms with van der Waals surface area (Å²) in [7, 11) is 0. The summed E-state index contributed by atoms with van der Waals surface area (Å²) in [6, 6.07) is 10.7. The zero-order valence-corrected chi connectivity index (χ0v) is 11.6. The lowest BCUT2D eigenvalue weighted by atomic mass is 9.88. The van der Waals surface area contributed by atoms with Crippen molar-refractivity contribution in [1.82, 2.24) is 5.32 Å². The van der Waals surface area contributed by atoms with Crippen LogP contribution in [0.2, 0.25) is 0 Å². The minimum Gasteiger partial charge on any atom is -0.311 e. The Morgan fingerprint density at radius 3 is 2.47 bits per heavy atom. The molecule has 1 aromatic rings. The van der Waals surface area contributed by atoms with Crippen molar-refractivity contribution in [2.24, 2.45) is 0 Å². The van der Waals surface area contributed by atoms with Gasteiger partial charge in [-0.2, -0.15) is 11.8 Å². The lowest BCUT2D eigenvalue weighted by Gasteiger charge is -2.36. The average molecular weight is 249 g/mol. The second-order valence-electron chi connectivity index (χ2n) is 5.04. The monoisotopic (exact) mass is 249 g/mol. The molecule has 0 amide bonds. The van der Waals surface area contributed by atoms with Gasteiger partial charge in [-0.25, -0.2) is 0 Å². The summed E-state index contributed by atoms with van der Waals surface area (Å²) in [6.07, 6.45) is 9.30. The molecule has 0 aromatic heterocycles. The van der Waals surface area contributed by atoms with Crippen molar-refractivity contribution in [3.63, 3.8) is 0 Å². The molecule has 0 aliphatic heterocycles. The summed E-state index contributed by atoms with van der Waals surface area (Å²) in [5, 5.41) is 3.64. The Morgan fingerprint density at radius 2 is 1.82 bits per heavy atom. The number of benzene rings is 1. The fourth-order valence-corrected chi connectivity index (χ4v) is 3.62. The van der Waals surface area contributed by atoms with Gasteiger partial charge in [0.15, 0.2) is 0 Å². The highest BCUT2D eigenvalue weighted by Gasteiger charge is 2.30. The molecule has 1 nitrogen and oxygen atoms in total. The maximum atomic E-state index is 3.64. The second-order valence-corrected chi connectivity index (χ2v) is 6.31. The number of hydrogen-bond donors (Lipinski definition) is 1. The predicted octanol–water partition coefficient (Wildman–Crippen LogP) is 3.84. The van der Waals surface area contributed by atoms with Crippen LogP contribution in [0.4, 0.5) is 0 Å². The lowest BCUT2D eigenvalue weighted by Crippen LogP contribution is -2.39. The molecule has 1 N–H and O–H groups in total. The molecule has 1 fully saturated rings. The van der Waals surface area contributed by atoms with Gasteiger partial charge >= 0.3 is 0 Å². The average Bonchev–Trinajstić information content (AvgIpc) is 2.41. The van der Waals surface area contributed by atoms with Crippen LogP contribution in [0.25, 0.3) is 0 Å². The first-order valence-corrected chi connectivity index (χ1v) is 7.87. The van der Waals surface area contributed by atoms with Crippen molar-refractivity contribution >= 4 is 11.8 Å². The Hall–Kier alpha value is -0.470. The van der Waals surface area contributed by atoms with Crippen LogP contribution < -0.4 is 5.32 Å². The molecule has 1 aromatic carbocycles. The normalized spacial score (nSPS) is 19.1. The van der Waals surface area contributed by atoms with E-state index in [4.69, 9.17) is 0 Å². The quantitative estimate of drug-likeness (QED) is 0.851. The van der Waals surface area contributed by atoms with Gasteiger partial charge in [-0.3, -0.25) is 0 Å². The van der Waals surface area contributed by atoms with Crippen LogP contribution in [0.5, 0.6) is 0 Å². The van der Waals surface area contributed by atoms with Gasteiger partial charge in [-0.15, -0.1) is 0 Å². The third-order valence-corrected chi connectivity index (χ3v) is 5.24. The van der Waals surface area contributed by atoms with E-state index in [1.807, 2.05) is 0 Å². The van der Waals surface area contributed by atoms with E-state index in [0.29, 0.717) is 4.75 Å². The van der Waals surface area contributed by atoms with E-state index >= 15 is 0 Å². The van der Waals surface area contributed by atoms with Crippen molar-refractivity contribution in [2.75, 3.05) is 12.8 Å². The Balaban J connectivity index is 1.80. The second kappa shape index (κ2) is 6.46. The SMILES string of the molecule is CSC1(CNCc2ccccc2)CCCCC1. The molecule has 1 aliphatic carbocycles. The van der Waals surface area contributed by atoms with Crippen LogP contribution in [-0.2, 0) is 6.54 Å². The van der Waals surface area contributed by atoms with E-state index in [1.54, 1.807) is 0 Å². The number of thioether (sulfide) groups is 1. The number of nitrogens with one attached hydrogen (secondary N) is 1. The number of hydrogen-bond acceptors (Lipinski definition) is 2. The largest absolute Gasteiger partial charge is 0.311 e. The Labute approximate surface area is 109 Å². The van der Waals surface area contributed by atoms with Crippen LogP contribution >= 0.6 is 11.8 Å². The highest BCUT2D eigenvalue weighted by Crippen LogP contribution is 2.37. The molecule has 2 rings (SSSR count). The van der Waals surface area contributed by atoms with E-state index in [1.165, 1.54) is 37.7 Å². The van der Waals surface area contributed by atoms with E-state index in [-0.39, 0.29) is 0 Å². The smallest absolute Gasteiger partial charge is 0.0281 e. The highest BCUT2D eigenvalue weighted by atomic mass is 32.2. The first-order valence-electron chi connectivity index (χ1n) is 6.64. The van der Waals surface area contributed by atoms with Crippen molar-refractivity contribution in [1.29, 1.82) is 0 Å². The van der Waals surface area contributed by atoms with Gasteiger partial charge < -0.3 is 5.32 Å². The minimum absolute atomic E-state index is 0.507. The standard InChI is InChI=1S/C15H23NS/c1-17-15(10-6-3-7-11-15)13-16-12-14-8-4-2-5-9-14/h2,4-5,8-9,16H,3,6-7,10-13H2,1H3. The number of rotatable bonds is 5. The molecule has 0 bridgehead atoms. The Kier molecular flexibility index (Phi) is 4.93. The molecule has 94 valence electrons. The van der Waals surface area contributed by atoms with Gasteiger partial charge in [-0.05, 0) is 24.7 Å². The van der Waals surface area contributed by atoms with Crippen LogP contribution in [0, 0.1) is 0 Å². The molecule has 1 aliphatic rings. The van der Waals surface area contributed by atoms with Crippen LogP contribution in [0.1, 0.15) is 37.7 Å².